The third-order valence-electron chi connectivity index (χ3n) is 5.36. The Kier molecular flexibility index (Phi) is 6.92. The van der Waals surface area contributed by atoms with Crippen LogP contribution < -0.4 is 5.32 Å². The van der Waals surface area contributed by atoms with E-state index in [0.29, 0.717) is 24.3 Å². The molecule has 0 aliphatic carbocycles. The van der Waals surface area contributed by atoms with Gasteiger partial charge in [0.1, 0.15) is 0 Å². The lowest BCUT2D eigenvalue weighted by Gasteiger charge is -2.34. The molecule has 1 N–H and O–H groups in total. The van der Waals surface area contributed by atoms with E-state index in [2.05, 4.69) is 21.2 Å². The van der Waals surface area contributed by atoms with Crippen LogP contribution in [0.1, 0.15) is 20.7 Å². The minimum Gasteiger partial charge on any atom is -0.336 e. The van der Waals surface area contributed by atoms with Gasteiger partial charge in [0.25, 0.3) is 11.8 Å². The first kappa shape index (κ1) is 23.2. The van der Waals surface area contributed by atoms with Crippen LogP contribution in [0, 0.1) is 0 Å². The first-order valence-electron chi connectivity index (χ1n) is 10.4. The lowest BCUT2D eigenvalue weighted by molar-refractivity contribution is 0.0697. The Morgan fingerprint density at radius 2 is 1.45 bits per heavy atom. The van der Waals surface area contributed by atoms with Gasteiger partial charge in [-0.1, -0.05) is 46.3 Å². The summed E-state index contributed by atoms with van der Waals surface area (Å²) >= 11 is 3.36. The van der Waals surface area contributed by atoms with E-state index in [0.717, 1.165) is 4.47 Å². The maximum atomic E-state index is 13.2. The predicted molar refractivity (Wildman–Crippen MR) is 130 cm³/mol. The van der Waals surface area contributed by atoms with Gasteiger partial charge in [-0.05, 0) is 48.5 Å². The van der Waals surface area contributed by atoms with Crippen molar-refractivity contribution in [2.75, 3.05) is 31.5 Å². The molecule has 0 bridgehead atoms. The second-order valence-corrected chi connectivity index (χ2v) is 10.4. The van der Waals surface area contributed by atoms with Crippen LogP contribution in [0.3, 0.4) is 0 Å². The summed E-state index contributed by atoms with van der Waals surface area (Å²) in [5, 5.41) is 2.77. The minimum atomic E-state index is -3.80. The molecule has 4 rings (SSSR count). The van der Waals surface area contributed by atoms with E-state index in [1.54, 1.807) is 59.5 Å². The fraction of sp³-hybridized carbons (Fsp3) is 0.167. The molecule has 1 saturated heterocycles. The SMILES string of the molecule is O=C(Nc1cccc(Br)c1)c1cccc(S(=O)(=O)N2CCN(C(=O)c3ccccc3)CC2)c1. The maximum Gasteiger partial charge on any atom is 0.255 e. The van der Waals surface area contributed by atoms with Crippen molar-refractivity contribution in [1.29, 1.82) is 0 Å². The van der Waals surface area contributed by atoms with Gasteiger partial charge in [0.05, 0.1) is 4.90 Å². The normalized spacial score (nSPS) is 14.6. The monoisotopic (exact) mass is 527 g/mol. The molecule has 9 heteroatoms. The standard InChI is InChI=1S/C24H22BrN3O4S/c25-20-9-5-10-21(17-20)26-23(29)19-8-4-11-22(16-19)33(31,32)28-14-12-27(13-15-28)24(30)18-6-2-1-3-7-18/h1-11,16-17H,12-15H2,(H,26,29). The predicted octanol–water partition coefficient (Wildman–Crippen LogP) is 3.85. The van der Waals surface area contributed by atoms with Crippen LogP contribution in [-0.2, 0) is 10.0 Å². The van der Waals surface area contributed by atoms with E-state index in [1.165, 1.54) is 16.4 Å². The Morgan fingerprint density at radius 3 is 2.15 bits per heavy atom. The van der Waals surface area contributed by atoms with Crippen LogP contribution in [-0.4, -0.2) is 55.6 Å². The zero-order valence-electron chi connectivity index (χ0n) is 17.6. The number of amides is 2. The number of carbonyl (C=O) groups excluding carboxylic acids is 2. The molecule has 0 atom stereocenters. The van der Waals surface area contributed by atoms with E-state index in [1.807, 2.05) is 12.1 Å². The molecular weight excluding hydrogens is 506 g/mol. The van der Waals surface area contributed by atoms with E-state index in [9.17, 15) is 18.0 Å². The lowest BCUT2D eigenvalue weighted by Crippen LogP contribution is -2.50. The Hall–Kier alpha value is -3.01. The van der Waals surface area contributed by atoms with Gasteiger partial charge in [-0.15, -0.1) is 0 Å². The zero-order valence-corrected chi connectivity index (χ0v) is 20.1. The van der Waals surface area contributed by atoms with Crippen molar-refractivity contribution in [2.24, 2.45) is 0 Å². The van der Waals surface area contributed by atoms with Crippen LogP contribution in [0.2, 0.25) is 0 Å². The highest BCUT2D eigenvalue weighted by molar-refractivity contribution is 9.10. The van der Waals surface area contributed by atoms with Gasteiger partial charge < -0.3 is 10.2 Å². The Bertz CT molecular complexity index is 1270. The van der Waals surface area contributed by atoms with Crippen molar-refractivity contribution in [3.63, 3.8) is 0 Å². The first-order valence-corrected chi connectivity index (χ1v) is 12.6. The summed E-state index contributed by atoms with van der Waals surface area (Å²) < 4.78 is 28.6. The van der Waals surface area contributed by atoms with Gasteiger partial charge in [-0.3, -0.25) is 9.59 Å². The number of nitrogens with one attached hydrogen (secondary N) is 1. The second-order valence-electron chi connectivity index (χ2n) is 7.55. The number of carbonyl (C=O) groups is 2. The Labute approximate surface area is 201 Å². The lowest BCUT2D eigenvalue weighted by atomic mass is 10.2. The number of anilines is 1. The van der Waals surface area contributed by atoms with Crippen molar-refractivity contribution in [3.05, 3.63) is 94.5 Å². The molecule has 1 aliphatic heterocycles. The summed E-state index contributed by atoms with van der Waals surface area (Å²) in [7, 11) is -3.80. The molecule has 0 aromatic heterocycles. The van der Waals surface area contributed by atoms with E-state index >= 15 is 0 Å². The highest BCUT2D eigenvalue weighted by atomic mass is 79.9. The zero-order chi connectivity index (χ0) is 23.4. The molecule has 7 nitrogen and oxygen atoms in total. The van der Waals surface area contributed by atoms with Crippen molar-refractivity contribution in [3.8, 4) is 0 Å². The smallest absolute Gasteiger partial charge is 0.255 e. The van der Waals surface area contributed by atoms with Crippen LogP contribution in [0.15, 0.2) is 88.2 Å². The van der Waals surface area contributed by atoms with E-state index in [-0.39, 0.29) is 29.5 Å². The van der Waals surface area contributed by atoms with Crippen molar-refractivity contribution in [1.82, 2.24) is 9.21 Å². The van der Waals surface area contributed by atoms with Crippen molar-refractivity contribution in [2.45, 2.75) is 4.90 Å². The molecule has 1 fully saturated rings. The molecule has 0 spiro atoms. The van der Waals surface area contributed by atoms with E-state index < -0.39 is 15.9 Å². The molecule has 2 amide bonds. The summed E-state index contributed by atoms with van der Waals surface area (Å²) in [4.78, 5) is 27.0. The average molecular weight is 528 g/mol. The summed E-state index contributed by atoms with van der Waals surface area (Å²) in [6, 6.07) is 22.1. The number of benzene rings is 3. The Balaban J connectivity index is 1.45. The molecule has 0 unspecified atom stereocenters. The quantitative estimate of drug-likeness (QED) is 0.545. The van der Waals surface area contributed by atoms with Gasteiger partial charge >= 0.3 is 0 Å². The fourth-order valence-electron chi connectivity index (χ4n) is 3.61. The Morgan fingerprint density at radius 1 is 0.788 bits per heavy atom. The summed E-state index contributed by atoms with van der Waals surface area (Å²) in [6.07, 6.45) is 0. The molecule has 170 valence electrons. The van der Waals surface area contributed by atoms with Gasteiger partial charge in [-0.2, -0.15) is 4.31 Å². The third-order valence-corrected chi connectivity index (χ3v) is 7.75. The summed E-state index contributed by atoms with van der Waals surface area (Å²) in [6.45, 7) is 0.983. The van der Waals surface area contributed by atoms with Gasteiger partial charge in [0.2, 0.25) is 10.0 Å². The highest BCUT2D eigenvalue weighted by Gasteiger charge is 2.30. The number of hydrogen-bond donors (Lipinski definition) is 1. The molecular formula is C24H22BrN3O4S. The van der Waals surface area contributed by atoms with Crippen LogP contribution in [0.5, 0.6) is 0 Å². The molecule has 0 saturated carbocycles. The fourth-order valence-corrected chi connectivity index (χ4v) is 5.48. The highest BCUT2D eigenvalue weighted by Crippen LogP contribution is 2.21. The molecule has 0 radical (unpaired) electrons. The van der Waals surface area contributed by atoms with Gasteiger partial charge in [-0.25, -0.2) is 8.42 Å². The van der Waals surface area contributed by atoms with Crippen LogP contribution in [0.4, 0.5) is 5.69 Å². The van der Waals surface area contributed by atoms with Gasteiger partial charge in [0, 0.05) is 47.5 Å². The third kappa shape index (κ3) is 5.32. The number of nitrogens with zero attached hydrogens (tertiary/aromatic N) is 2. The van der Waals surface area contributed by atoms with Crippen molar-refractivity contribution < 1.29 is 18.0 Å². The van der Waals surface area contributed by atoms with Crippen molar-refractivity contribution >= 4 is 43.5 Å². The molecule has 1 aliphatic rings. The molecule has 1 heterocycles. The average Bonchev–Trinajstić information content (AvgIpc) is 2.84. The minimum absolute atomic E-state index is 0.0484. The molecule has 3 aromatic rings. The topological polar surface area (TPSA) is 86.8 Å². The second kappa shape index (κ2) is 9.86. The summed E-state index contributed by atoms with van der Waals surface area (Å²) in [5.74, 6) is -0.512. The number of rotatable bonds is 5. The first-order chi connectivity index (χ1) is 15.8. The summed E-state index contributed by atoms with van der Waals surface area (Å²) in [5.41, 5.74) is 1.42. The number of hydrogen-bond acceptors (Lipinski definition) is 4. The molecule has 3 aromatic carbocycles. The largest absolute Gasteiger partial charge is 0.336 e. The number of piperazine rings is 1. The number of sulfonamides is 1. The van der Waals surface area contributed by atoms with Crippen LogP contribution >= 0.6 is 15.9 Å². The molecule has 33 heavy (non-hydrogen) atoms. The van der Waals surface area contributed by atoms with Crippen LogP contribution in [0.25, 0.3) is 0 Å². The van der Waals surface area contributed by atoms with Gasteiger partial charge in [0.15, 0.2) is 0 Å². The van der Waals surface area contributed by atoms with E-state index in [4.69, 9.17) is 0 Å². The number of halogens is 1. The maximum absolute atomic E-state index is 13.2.